The molecule has 15 heteroatoms. The van der Waals surface area contributed by atoms with Crippen molar-refractivity contribution >= 4 is 23.1 Å². The van der Waals surface area contributed by atoms with E-state index in [4.69, 9.17) is 20.7 Å². The van der Waals surface area contributed by atoms with Crippen molar-refractivity contribution in [2.75, 3.05) is 26.8 Å². The van der Waals surface area contributed by atoms with E-state index in [1.165, 1.54) is 25.3 Å². The largest absolute Gasteiger partial charge is 0.507 e. The van der Waals surface area contributed by atoms with Crippen LogP contribution in [0.5, 0.6) is 17.2 Å². The van der Waals surface area contributed by atoms with Crippen LogP contribution in [-0.4, -0.2) is 99.3 Å². The number of carbonyl (C=O) groups excluding carboxylic acids is 3. The quantitative estimate of drug-likeness (QED) is 0.0379. The number of phenolic OH excluding ortho intramolecular Hbond substituents is 2. The van der Waals surface area contributed by atoms with E-state index in [2.05, 4.69) is 15.0 Å². The smallest absolute Gasteiger partial charge is 0.202 e. The second kappa shape index (κ2) is 15.3. The molecule has 0 bridgehead atoms. The number of aliphatic imine (C=N–C) groups is 1. The van der Waals surface area contributed by atoms with Gasteiger partial charge in [0.2, 0.25) is 5.78 Å². The van der Waals surface area contributed by atoms with Crippen LogP contribution in [0.25, 0.3) is 10.4 Å². The molecule has 3 aliphatic rings. The second-order valence-electron chi connectivity index (χ2n) is 13.4. The molecular formula is C35H43N5O10. The highest BCUT2D eigenvalue weighted by atomic mass is 16.5. The third-order valence-electron chi connectivity index (χ3n) is 10.0. The topological polar surface area (TPSA) is 258 Å². The number of azide groups is 1. The van der Waals surface area contributed by atoms with E-state index in [0.717, 1.165) is 0 Å². The van der Waals surface area contributed by atoms with Crippen molar-refractivity contribution in [1.29, 1.82) is 0 Å². The Balaban J connectivity index is 1.54. The Morgan fingerprint density at radius 1 is 1.10 bits per heavy atom. The lowest BCUT2D eigenvalue weighted by atomic mass is 9.71. The summed E-state index contributed by atoms with van der Waals surface area (Å²) in [5.74, 6) is -3.10. The molecule has 0 amide bonds. The monoisotopic (exact) mass is 693 g/mol. The minimum Gasteiger partial charge on any atom is -0.507 e. The summed E-state index contributed by atoms with van der Waals surface area (Å²) < 4.78 is 11.8. The number of Topliss-reactive ketones (excluding diaryl/α,β-unsaturated/α-hetero) is 1. The number of fused-ring (bicyclic) bond motifs is 3. The van der Waals surface area contributed by atoms with Crippen LogP contribution in [0.1, 0.15) is 101 Å². The molecule has 0 aromatic heterocycles. The maximum absolute atomic E-state index is 13.9. The molecule has 15 nitrogen and oxygen atoms in total. The highest BCUT2D eigenvalue weighted by Gasteiger charge is 2.49. The summed E-state index contributed by atoms with van der Waals surface area (Å²) in [5.41, 5.74) is 11.4. The summed E-state index contributed by atoms with van der Waals surface area (Å²) in [4.78, 5) is 47.4. The maximum Gasteiger partial charge on any atom is 0.202 e. The van der Waals surface area contributed by atoms with E-state index >= 15 is 0 Å². The van der Waals surface area contributed by atoms with E-state index < -0.39 is 77.2 Å². The molecule has 5 rings (SSSR count). The molecule has 0 heterocycles. The molecule has 50 heavy (non-hydrogen) atoms. The van der Waals surface area contributed by atoms with Gasteiger partial charge in [-0.05, 0) is 43.2 Å². The Labute approximate surface area is 288 Å². The average Bonchev–Trinajstić information content (AvgIpc) is 3.08. The first-order valence-electron chi connectivity index (χ1n) is 16.7. The zero-order chi connectivity index (χ0) is 36.3. The van der Waals surface area contributed by atoms with E-state index in [1.807, 2.05) is 6.92 Å². The van der Waals surface area contributed by atoms with E-state index in [0.29, 0.717) is 32.2 Å². The van der Waals surface area contributed by atoms with E-state index in [1.54, 1.807) is 0 Å². The molecule has 1 saturated carbocycles. The van der Waals surface area contributed by atoms with Gasteiger partial charge in [-0.1, -0.05) is 30.6 Å². The fraction of sp³-hybridized carbons (Fsp3) is 0.543. The summed E-state index contributed by atoms with van der Waals surface area (Å²) in [7, 11) is 1.34. The number of ketones is 3. The predicted molar refractivity (Wildman–Crippen MR) is 180 cm³/mol. The van der Waals surface area contributed by atoms with Gasteiger partial charge in [-0.15, -0.1) is 0 Å². The molecule has 2 aromatic carbocycles. The number of hydrogen-bond acceptors (Lipinski definition) is 13. The number of nitrogens with two attached hydrogens (primary N) is 1. The summed E-state index contributed by atoms with van der Waals surface area (Å²) >= 11 is 0. The number of benzene rings is 2. The van der Waals surface area contributed by atoms with E-state index in [9.17, 15) is 39.9 Å². The normalized spacial score (nSPS) is 26.0. The summed E-state index contributed by atoms with van der Waals surface area (Å²) in [6, 6.07) is 3.81. The fourth-order valence-corrected chi connectivity index (χ4v) is 7.45. The Hall–Kier alpha value is -4.37. The molecule has 0 spiro atoms. The molecule has 6 atom stereocenters. The Morgan fingerprint density at radius 2 is 1.84 bits per heavy atom. The number of unbranched alkanes of at least 4 members (excludes halogenated alkanes) is 2. The Morgan fingerprint density at radius 3 is 2.52 bits per heavy atom. The molecule has 0 radical (unpaired) electrons. The number of aromatic hydroxyl groups is 2. The lowest BCUT2D eigenvalue weighted by molar-refractivity contribution is -0.117. The number of hydrogen-bond donors (Lipinski definition) is 6. The highest BCUT2D eigenvalue weighted by molar-refractivity contribution is 6.31. The zero-order valence-corrected chi connectivity index (χ0v) is 28.0. The lowest BCUT2D eigenvalue weighted by Gasteiger charge is -2.43. The first-order chi connectivity index (χ1) is 23.9. The molecule has 3 aliphatic carbocycles. The van der Waals surface area contributed by atoms with Crippen LogP contribution in [-0.2, 0) is 16.0 Å². The first-order valence-corrected chi connectivity index (χ1v) is 16.7. The molecular weight excluding hydrogens is 650 g/mol. The number of rotatable bonds is 13. The van der Waals surface area contributed by atoms with Gasteiger partial charge in [0.05, 0.1) is 61.0 Å². The van der Waals surface area contributed by atoms with Crippen LogP contribution in [0, 0.1) is 5.92 Å². The van der Waals surface area contributed by atoms with Crippen molar-refractivity contribution in [3.05, 3.63) is 62.0 Å². The average molecular weight is 694 g/mol. The van der Waals surface area contributed by atoms with Gasteiger partial charge < -0.3 is 40.7 Å². The molecule has 268 valence electrons. The molecule has 1 fully saturated rings. The third-order valence-corrected chi connectivity index (χ3v) is 10.0. The fourth-order valence-electron chi connectivity index (χ4n) is 7.45. The molecule has 0 saturated heterocycles. The highest BCUT2D eigenvalue weighted by Crippen LogP contribution is 2.52. The number of aliphatic hydroxyl groups is 3. The van der Waals surface area contributed by atoms with Crippen LogP contribution in [0.4, 0.5) is 0 Å². The molecule has 0 aliphatic heterocycles. The van der Waals surface area contributed by atoms with Gasteiger partial charge in [0, 0.05) is 53.5 Å². The molecule has 2 aromatic rings. The standard InChI is InChI=1S/C35H43N5O10/c1-17-11-19(12-22(36)30(17)43)50-24-14-35(48,25(16-41)38-15-18(42)7-4-3-5-10-39-40-37)13-21-27(24)34(47)29-28(32(21)45)31(44)20-8-6-9-23(49-2)26(20)33(29)46/h6,8-9,17,19,22,24,30,41,43,45,47-48H,3-5,7,10-16,36H2,1-2H3/t17?,19?,22?,24?,30?,35-/m0/s1. The van der Waals surface area contributed by atoms with Gasteiger partial charge in [0.25, 0.3) is 0 Å². The Bertz CT molecular complexity index is 1740. The number of ether oxygens (including phenoxy) is 2. The molecule has 5 unspecified atom stereocenters. The maximum atomic E-state index is 13.9. The van der Waals surface area contributed by atoms with Crippen molar-refractivity contribution < 1.29 is 49.4 Å². The van der Waals surface area contributed by atoms with Gasteiger partial charge in [-0.25, -0.2) is 0 Å². The number of methoxy groups -OCH3 is 1. The van der Waals surface area contributed by atoms with Gasteiger partial charge in [0.1, 0.15) is 22.8 Å². The number of phenols is 2. The van der Waals surface area contributed by atoms with E-state index in [-0.39, 0.29) is 71.2 Å². The number of carbonyl (C=O) groups is 3. The van der Waals surface area contributed by atoms with Crippen LogP contribution in [0.2, 0.25) is 0 Å². The van der Waals surface area contributed by atoms with Crippen molar-refractivity contribution in [3.63, 3.8) is 0 Å². The minimum atomic E-state index is -2.01. The van der Waals surface area contributed by atoms with Crippen molar-refractivity contribution in [2.45, 2.75) is 88.2 Å². The van der Waals surface area contributed by atoms with Gasteiger partial charge in [-0.2, -0.15) is 0 Å². The number of nitrogens with zero attached hydrogens (tertiary/aromatic N) is 4. The zero-order valence-electron chi connectivity index (χ0n) is 28.0. The van der Waals surface area contributed by atoms with Crippen LogP contribution in [0.3, 0.4) is 0 Å². The van der Waals surface area contributed by atoms with Crippen molar-refractivity contribution in [3.8, 4) is 17.2 Å². The van der Waals surface area contributed by atoms with Gasteiger partial charge in [-0.3, -0.25) is 19.4 Å². The van der Waals surface area contributed by atoms with Crippen LogP contribution in [0.15, 0.2) is 28.3 Å². The van der Waals surface area contributed by atoms with Crippen LogP contribution < -0.4 is 10.5 Å². The van der Waals surface area contributed by atoms with Gasteiger partial charge >= 0.3 is 0 Å². The third kappa shape index (κ3) is 6.97. The second-order valence-corrected chi connectivity index (χ2v) is 13.4. The summed E-state index contributed by atoms with van der Waals surface area (Å²) in [5, 5.41) is 60.0. The number of aliphatic hydroxyl groups excluding tert-OH is 2. The first kappa shape index (κ1) is 36.9. The predicted octanol–water partition coefficient (Wildman–Crippen LogP) is 2.98. The van der Waals surface area contributed by atoms with Crippen molar-refractivity contribution in [1.82, 2.24) is 0 Å². The molecule has 7 N–H and O–H groups in total. The summed E-state index contributed by atoms with van der Waals surface area (Å²) in [6.07, 6.45) is -0.687. The lowest BCUT2D eigenvalue weighted by Crippen LogP contribution is -2.50. The Kier molecular flexibility index (Phi) is 11.3. The van der Waals surface area contributed by atoms with Crippen molar-refractivity contribution in [2.24, 2.45) is 21.8 Å². The van der Waals surface area contributed by atoms with Crippen LogP contribution >= 0.6 is 0 Å². The minimum absolute atomic E-state index is 0.00753. The van der Waals surface area contributed by atoms with Gasteiger partial charge in [0.15, 0.2) is 11.6 Å². The SMILES string of the molecule is COc1cccc2c1C(=O)c1c(O)c3c(c(O)c1C2=O)C[C@@](O)(C(CO)=NCC(=O)CCCCCN=[N+]=[N-])CC3OC1CC(C)C(O)C(N)C1. The summed E-state index contributed by atoms with van der Waals surface area (Å²) in [6.45, 7) is 1.05.